The fourth-order valence-corrected chi connectivity index (χ4v) is 9.17. The molecule has 8 nitrogen and oxygen atoms in total. The number of nitrogens with zero attached hydrogens (tertiary/aromatic N) is 1. The standard InChI is InChI=1S/C26H39N3O5S2/c27-15-20-18(16-28-22(30)9-5-2-6-12-29-23(31)10-11-24(29)32)13-17(14-21-25(20)36-35-21)26(33)34-19-7-3-1-4-8-19/h10-11,17-21,25H,1-9,12-16,27H2,(H,28,30). The first-order valence-electron chi connectivity index (χ1n) is 13.5. The van der Waals surface area contributed by atoms with Crippen molar-refractivity contribution in [3.8, 4) is 0 Å². The smallest absolute Gasteiger partial charge is 0.309 e. The third-order valence-electron chi connectivity index (χ3n) is 7.98. The van der Waals surface area contributed by atoms with Crippen molar-refractivity contribution in [2.45, 2.75) is 87.2 Å². The summed E-state index contributed by atoms with van der Waals surface area (Å²) in [7, 11) is 3.73. The molecule has 36 heavy (non-hydrogen) atoms. The first-order valence-corrected chi connectivity index (χ1v) is 15.8. The molecule has 200 valence electrons. The summed E-state index contributed by atoms with van der Waals surface area (Å²) in [4.78, 5) is 50.1. The first kappa shape index (κ1) is 27.5. The molecule has 5 unspecified atom stereocenters. The van der Waals surface area contributed by atoms with Gasteiger partial charge in [-0.05, 0) is 69.7 Å². The summed E-state index contributed by atoms with van der Waals surface area (Å²) in [6.07, 6.45) is 12.2. The number of carbonyl (C=O) groups is 4. The number of nitrogens with two attached hydrogens (primary N) is 1. The van der Waals surface area contributed by atoms with Gasteiger partial charge >= 0.3 is 5.97 Å². The molecular formula is C26H39N3O5S2. The number of amides is 3. The Morgan fingerprint density at radius 3 is 2.44 bits per heavy atom. The van der Waals surface area contributed by atoms with Crippen LogP contribution >= 0.6 is 21.6 Å². The molecule has 0 radical (unpaired) electrons. The van der Waals surface area contributed by atoms with Gasteiger partial charge in [-0.1, -0.05) is 34.4 Å². The average molecular weight is 538 g/mol. The van der Waals surface area contributed by atoms with Crippen LogP contribution in [0.3, 0.4) is 0 Å². The van der Waals surface area contributed by atoms with Gasteiger partial charge in [-0.15, -0.1) is 0 Å². The molecule has 2 heterocycles. The number of rotatable bonds is 11. The van der Waals surface area contributed by atoms with Gasteiger partial charge in [0.05, 0.1) is 5.92 Å². The minimum absolute atomic E-state index is 0.00136. The van der Waals surface area contributed by atoms with E-state index in [-0.39, 0.29) is 47.5 Å². The summed E-state index contributed by atoms with van der Waals surface area (Å²) < 4.78 is 5.94. The molecule has 4 rings (SSSR count). The van der Waals surface area contributed by atoms with Crippen LogP contribution in [0.4, 0.5) is 0 Å². The van der Waals surface area contributed by atoms with Gasteiger partial charge in [-0.25, -0.2) is 0 Å². The zero-order chi connectivity index (χ0) is 25.5. The average Bonchev–Trinajstić information content (AvgIpc) is 3.13. The fourth-order valence-electron chi connectivity index (χ4n) is 5.82. The second-order valence-electron chi connectivity index (χ2n) is 10.5. The van der Waals surface area contributed by atoms with Crippen LogP contribution in [0.5, 0.6) is 0 Å². The van der Waals surface area contributed by atoms with E-state index in [4.69, 9.17) is 10.5 Å². The number of hydrogen-bond acceptors (Lipinski definition) is 8. The summed E-state index contributed by atoms with van der Waals surface area (Å²) in [6, 6.07) is 0. The van der Waals surface area contributed by atoms with Crippen molar-refractivity contribution in [3.05, 3.63) is 12.2 Å². The number of ether oxygens (including phenoxy) is 1. The number of esters is 1. The highest BCUT2D eigenvalue weighted by Crippen LogP contribution is 2.57. The van der Waals surface area contributed by atoms with Gasteiger partial charge in [-0.3, -0.25) is 24.1 Å². The van der Waals surface area contributed by atoms with Crippen molar-refractivity contribution in [1.29, 1.82) is 0 Å². The normalized spacial score (nSPS) is 30.5. The Kier molecular flexibility index (Phi) is 10.2. The van der Waals surface area contributed by atoms with Gasteiger partial charge in [-0.2, -0.15) is 0 Å². The molecule has 3 amide bonds. The Morgan fingerprint density at radius 2 is 1.78 bits per heavy atom. The van der Waals surface area contributed by atoms with E-state index in [1.54, 1.807) is 0 Å². The lowest BCUT2D eigenvalue weighted by molar-refractivity contribution is -0.156. The minimum Gasteiger partial charge on any atom is -0.462 e. The zero-order valence-corrected chi connectivity index (χ0v) is 22.5. The maximum atomic E-state index is 13.1. The third kappa shape index (κ3) is 7.07. The van der Waals surface area contributed by atoms with E-state index < -0.39 is 0 Å². The molecule has 2 aliphatic heterocycles. The van der Waals surface area contributed by atoms with Crippen LogP contribution in [0.15, 0.2) is 12.2 Å². The van der Waals surface area contributed by atoms with E-state index in [0.717, 1.165) is 38.5 Å². The third-order valence-corrected chi connectivity index (χ3v) is 11.6. The van der Waals surface area contributed by atoms with Gasteiger partial charge in [0.2, 0.25) is 5.91 Å². The maximum Gasteiger partial charge on any atom is 0.309 e. The molecule has 2 aliphatic carbocycles. The Hall–Kier alpha value is -1.52. The quantitative estimate of drug-likeness (QED) is 0.179. The van der Waals surface area contributed by atoms with E-state index in [1.165, 1.54) is 23.5 Å². The maximum absolute atomic E-state index is 13.1. The van der Waals surface area contributed by atoms with E-state index in [1.807, 2.05) is 21.6 Å². The molecule has 1 saturated heterocycles. The molecule has 3 fully saturated rings. The lowest BCUT2D eigenvalue weighted by Crippen LogP contribution is -2.43. The molecule has 0 aromatic carbocycles. The summed E-state index contributed by atoms with van der Waals surface area (Å²) in [6.45, 7) is 1.48. The van der Waals surface area contributed by atoms with Crippen LogP contribution in [0.2, 0.25) is 0 Å². The molecule has 3 N–H and O–H groups in total. The lowest BCUT2D eigenvalue weighted by Gasteiger charge is -2.40. The largest absolute Gasteiger partial charge is 0.462 e. The van der Waals surface area contributed by atoms with Gasteiger partial charge in [0.25, 0.3) is 11.8 Å². The Balaban J connectivity index is 1.22. The predicted octanol–water partition coefficient (Wildman–Crippen LogP) is 3.20. The van der Waals surface area contributed by atoms with Crippen molar-refractivity contribution in [2.75, 3.05) is 19.6 Å². The number of unbranched alkanes of at least 4 members (excludes halogenated alkanes) is 2. The summed E-state index contributed by atoms with van der Waals surface area (Å²) in [5.74, 6) is -0.277. The van der Waals surface area contributed by atoms with Crippen LogP contribution in [0.1, 0.15) is 70.6 Å². The van der Waals surface area contributed by atoms with E-state index in [0.29, 0.717) is 55.8 Å². The number of carbonyl (C=O) groups excluding carboxylic acids is 4. The molecule has 0 spiro atoms. The minimum atomic E-state index is -0.262. The molecule has 0 aromatic rings. The van der Waals surface area contributed by atoms with Crippen LogP contribution in [-0.2, 0) is 23.9 Å². The summed E-state index contributed by atoms with van der Waals surface area (Å²) >= 11 is 0. The summed E-state index contributed by atoms with van der Waals surface area (Å²) in [5, 5.41) is 3.96. The van der Waals surface area contributed by atoms with E-state index in [9.17, 15) is 19.2 Å². The number of nitrogens with one attached hydrogen (secondary N) is 1. The molecule has 2 saturated carbocycles. The van der Waals surface area contributed by atoms with Crippen LogP contribution in [0, 0.1) is 17.8 Å². The van der Waals surface area contributed by atoms with Crippen LogP contribution in [-0.4, -0.2) is 64.8 Å². The number of imide groups is 1. The molecular weight excluding hydrogens is 498 g/mol. The highest BCUT2D eigenvalue weighted by atomic mass is 33.1. The topological polar surface area (TPSA) is 119 Å². The van der Waals surface area contributed by atoms with E-state index in [2.05, 4.69) is 5.32 Å². The monoisotopic (exact) mass is 537 g/mol. The van der Waals surface area contributed by atoms with Gasteiger partial charge < -0.3 is 15.8 Å². The molecule has 0 bridgehead atoms. The Morgan fingerprint density at radius 1 is 1.03 bits per heavy atom. The second kappa shape index (κ2) is 13.3. The lowest BCUT2D eigenvalue weighted by atomic mass is 9.85. The Labute approximate surface area is 221 Å². The van der Waals surface area contributed by atoms with Gasteiger partial charge in [0, 0.05) is 42.2 Å². The van der Waals surface area contributed by atoms with E-state index >= 15 is 0 Å². The van der Waals surface area contributed by atoms with Crippen molar-refractivity contribution in [1.82, 2.24) is 10.2 Å². The van der Waals surface area contributed by atoms with Crippen LogP contribution < -0.4 is 11.1 Å². The zero-order valence-electron chi connectivity index (χ0n) is 20.9. The number of hydrogen-bond donors (Lipinski definition) is 2. The number of fused-ring (bicyclic) bond motifs is 1. The van der Waals surface area contributed by atoms with Gasteiger partial charge in [0.15, 0.2) is 0 Å². The van der Waals surface area contributed by atoms with Crippen LogP contribution in [0.25, 0.3) is 0 Å². The fraction of sp³-hybridized carbons (Fsp3) is 0.769. The molecule has 10 heteroatoms. The van der Waals surface area contributed by atoms with Gasteiger partial charge in [0.1, 0.15) is 6.10 Å². The SMILES string of the molecule is NCC1C(CNC(=O)CCCCCN2C(=O)C=CC2=O)CC(C(=O)OC2CCCCC2)CC2SSC21. The van der Waals surface area contributed by atoms with Crippen molar-refractivity contribution >= 4 is 45.3 Å². The first-order chi connectivity index (χ1) is 17.5. The van der Waals surface area contributed by atoms with Crippen molar-refractivity contribution in [2.24, 2.45) is 23.5 Å². The molecule has 4 aliphatic rings. The predicted molar refractivity (Wildman–Crippen MR) is 142 cm³/mol. The Bertz CT molecular complexity index is 829. The second-order valence-corrected chi connectivity index (χ2v) is 13.2. The molecule has 0 aromatic heterocycles. The van der Waals surface area contributed by atoms with Crippen molar-refractivity contribution < 1.29 is 23.9 Å². The summed E-state index contributed by atoms with van der Waals surface area (Å²) in [5.41, 5.74) is 6.20. The van der Waals surface area contributed by atoms with Crippen molar-refractivity contribution in [3.63, 3.8) is 0 Å². The highest BCUT2D eigenvalue weighted by molar-refractivity contribution is 8.80. The molecule has 5 atom stereocenters. The highest BCUT2D eigenvalue weighted by Gasteiger charge is 2.48.